The average Bonchev–Trinajstić information content (AvgIpc) is 3.01. The summed E-state index contributed by atoms with van der Waals surface area (Å²) in [5, 5.41) is 2.87. The molecule has 0 saturated carbocycles. The lowest BCUT2D eigenvalue weighted by atomic mass is 10.0. The number of fused-ring (bicyclic) bond motifs is 1. The zero-order valence-electron chi connectivity index (χ0n) is 19.5. The fourth-order valence-electron chi connectivity index (χ4n) is 4.52. The van der Waals surface area contributed by atoms with Crippen molar-refractivity contribution < 1.29 is 23.5 Å². The van der Waals surface area contributed by atoms with Gasteiger partial charge in [0.1, 0.15) is 5.82 Å². The number of halogens is 1. The van der Waals surface area contributed by atoms with Crippen LogP contribution >= 0.6 is 0 Å². The molecule has 1 saturated heterocycles. The summed E-state index contributed by atoms with van der Waals surface area (Å²) in [7, 11) is 0. The standard InChI is InChI=1S/C26H30FN3O4/c1-17(2)12-29-13-20(34-16-18-6-5-7-19(27)10-18)14-30(15-25(29)32)24(31)11-23-21-8-3-4-9-22(21)26(33)28-23/h3-10,17,20,23H,11-16H2,1-2H3,(H,28,33). The van der Waals surface area contributed by atoms with Gasteiger partial charge in [0.15, 0.2) is 0 Å². The van der Waals surface area contributed by atoms with Crippen LogP contribution in [0.1, 0.15) is 47.8 Å². The Bertz CT molecular complexity index is 1070. The summed E-state index contributed by atoms with van der Waals surface area (Å²) in [6.45, 7) is 5.38. The number of hydrogen-bond donors (Lipinski definition) is 1. The monoisotopic (exact) mass is 467 g/mol. The van der Waals surface area contributed by atoms with Crippen LogP contribution in [0, 0.1) is 11.7 Å². The Hall–Kier alpha value is -3.26. The number of amides is 3. The van der Waals surface area contributed by atoms with Crippen molar-refractivity contribution >= 4 is 17.7 Å². The van der Waals surface area contributed by atoms with Crippen LogP contribution in [0.3, 0.4) is 0 Å². The van der Waals surface area contributed by atoms with Gasteiger partial charge in [-0.05, 0) is 35.2 Å². The molecule has 0 aromatic heterocycles. The molecule has 34 heavy (non-hydrogen) atoms. The quantitative estimate of drug-likeness (QED) is 0.679. The molecule has 1 N–H and O–H groups in total. The molecule has 0 spiro atoms. The van der Waals surface area contributed by atoms with Crippen LogP contribution in [0.15, 0.2) is 48.5 Å². The first-order valence-electron chi connectivity index (χ1n) is 11.6. The zero-order valence-corrected chi connectivity index (χ0v) is 19.5. The number of carbonyl (C=O) groups is 3. The topological polar surface area (TPSA) is 79.0 Å². The normalized spacial score (nSPS) is 20.4. The lowest BCUT2D eigenvalue weighted by molar-refractivity contribution is -0.139. The number of ether oxygens (including phenoxy) is 1. The van der Waals surface area contributed by atoms with Crippen molar-refractivity contribution in [2.75, 3.05) is 26.2 Å². The minimum atomic E-state index is -0.423. The number of hydrogen-bond acceptors (Lipinski definition) is 4. The van der Waals surface area contributed by atoms with Crippen molar-refractivity contribution in [3.63, 3.8) is 0 Å². The van der Waals surface area contributed by atoms with E-state index in [2.05, 4.69) is 5.32 Å². The number of carbonyl (C=O) groups excluding carboxylic acids is 3. The molecular weight excluding hydrogens is 437 g/mol. The van der Waals surface area contributed by atoms with E-state index in [-0.39, 0.29) is 55.6 Å². The Morgan fingerprint density at radius 2 is 1.94 bits per heavy atom. The van der Waals surface area contributed by atoms with Crippen LogP contribution in [0.5, 0.6) is 0 Å². The van der Waals surface area contributed by atoms with Crippen molar-refractivity contribution in [1.82, 2.24) is 15.1 Å². The maximum atomic E-state index is 13.6. The Morgan fingerprint density at radius 1 is 1.15 bits per heavy atom. The summed E-state index contributed by atoms with van der Waals surface area (Å²) in [6.07, 6.45) is -0.348. The highest BCUT2D eigenvalue weighted by atomic mass is 19.1. The third-order valence-corrected chi connectivity index (χ3v) is 6.10. The number of nitrogens with one attached hydrogen (secondary N) is 1. The Kier molecular flexibility index (Phi) is 7.26. The molecule has 2 aliphatic rings. The summed E-state index contributed by atoms with van der Waals surface area (Å²) in [6, 6.07) is 13.0. The SMILES string of the molecule is CC(C)CN1CC(OCc2cccc(F)c2)CN(C(=O)CC2NC(=O)c3ccccc32)CC1=O. The summed E-state index contributed by atoms with van der Waals surface area (Å²) in [4.78, 5) is 41.7. The van der Waals surface area contributed by atoms with E-state index < -0.39 is 12.1 Å². The number of rotatable bonds is 7. The fraction of sp³-hybridized carbons (Fsp3) is 0.423. The van der Waals surface area contributed by atoms with Crippen LogP contribution in [-0.4, -0.2) is 59.8 Å². The van der Waals surface area contributed by atoms with Gasteiger partial charge in [0, 0.05) is 25.2 Å². The summed E-state index contributed by atoms with van der Waals surface area (Å²) >= 11 is 0. The van der Waals surface area contributed by atoms with E-state index in [1.165, 1.54) is 17.0 Å². The van der Waals surface area contributed by atoms with Gasteiger partial charge in [-0.15, -0.1) is 0 Å². The molecule has 180 valence electrons. The highest BCUT2D eigenvalue weighted by molar-refractivity contribution is 5.99. The predicted octanol–water partition coefficient (Wildman–Crippen LogP) is 2.91. The van der Waals surface area contributed by atoms with E-state index >= 15 is 0 Å². The molecule has 0 radical (unpaired) electrons. The van der Waals surface area contributed by atoms with E-state index in [1.807, 2.05) is 26.0 Å². The highest BCUT2D eigenvalue weighted by Crippen LogP contribution is 2.28. The van der Waals surface area contributed by atoms with E-state index in [9.17, 15) is 18.8 Å². The van der Waals surface area contributed by atoms with E-state index in [0.717, 1.165) is 5.56 Å². The minimum Gasteiger partial charge on any atom is -0.370 e. The Balaban J connectivity index is 1.47. The highest BCUT2D eigenvalue weighted by Gasteiger charge is 2.35. The second-order valence-corrected chi connectivity index (χ2v) is 9.35. The molecule has 0 aliphatic carbocycles. The van der Waals surface area contributed by atoms with Crippen molar-refractivity contribution in [1.29, 1.82) is 0 Å². The van der Waals surface area contributed by atoms with Gasteiger partial charge in [-0.3, -0.25) is 14.4 Å². The average molecular weight is 468 g/mol. The van der Waals surface area contributed by atoms with Crippen molar-refractivity contribution in [2.24, 2.45) is 5.92 Å². The summed E-state index contributed by atoms with van der Waals surface area (Å²) < 4.78 is 19.6. The maximum absolute atomic E-state index is 13.6. The van der Waals surface area contributed by atoms with Crippen molar-refractivity contribution in [3.8, 4) is 0 Å². The van der Waals surface area contributed by atoms with Gasteiger partial charge in [0.05, 0.1) is 31.7 Å². The van der Waals surface area contributed by atoms with Crippen molar-refractivity contribution in [2.45, 2.75) is 39.0 Å². The molecule has 2 atom stereocenters. The van der Waals surface area contributed by atoms with Gasteiger partial charge >= 0.3 is 0 Å². The van der Waals surface area contributed by atoms with Crippen molar-refractivity contribution in [3.05, 3.63) is 71.0 Å². The van der Waals surface area contributed by atoms with Crippen LogP contribution < -0.4 is 5.32 Å². The van der Waals surface area contributed by atoms with Crippen LogP contribution in [0.2, 0.25) is 0 Å². The maximum Gasteiger partial charge on any atom is 0.252 e. The first kappa shape index (κ1) is 23.9. The van der Waals surface area contributed by atoms with Gasteiger partial charge in [-0.25, -0.2) is 4.39 Å². The first-order chi connectivity index (χ1) is 16.3. The lowest BCUT2D eigenvalue weighted by Crippen LogP contribution is -2.41. The zero-order chi connectivity index (χ0) is 24.2. The number of nitrogens with zero attached hydrogens (tertiary/aromatic N) is 2. The van der Waals surface area contributed by atoms with Crippen LogP contribution in [0.4, 0.5) is 4.39 Å². The van der Waals surface area contributed by atoms with E-state index in [0.29, 0.717) is 24.2 Å². The largest absolute Gasteiger partial charge is 0.370 e. The molecule has 2 aromatic carbocycles. The third-order valence-electron chi connectivity index (χ3n) is 6.10. The molecule has 2 aromatic rings. The molecular formula is C26H30FN3O4. The first-order valence-corrected chi connectivity index (χ1v) is 11.6. The summed E-state index contributed by atoms with van der Waals surface area (Å²) in [5.41, 5.74) is 2.06. The number of benzene rings is 2. The van der Waals surface area contributed by atoms with E-state index in [4.69, 9.17) is 4.74 Å². The summed E-state index contributed by atoms with van der Waals surface area (Å²) in [5.74, 6) is -0.620. The molecule has 3 amide bonds. The van der Waals surface area contributed by atoms with Crippen LogP contribution in [0.25, 0.3) is 0 Å². The molecule has 2 heterocycles. The molecule has 4 rings (SSSR count). The molecule has 2 aliphatic heterocycles. The molecule has 8 heteroatoms. The second-order valence-electron chi connectivity index (χ2n) is 9.35. The Morgan fingerprint density at radius 3 is 2.71 bits per heavy atom. The minimum absolute atomic E-state index is 0.0340. The van der Waals surface area contributed by atoms with Gasteiger partial charge in [-0.1, -0.05) is 44.2 Å². The predicted molar refractivity (Wildman–Crippen MR) is 124 cm³/mol. The van der Waals surface area contributed by atoms with Gasteiger partial charge in [0.25, 0.3) is 5.91 Å². The molecule has 2 unspecified atom stereocenters. The third kappa shape index (κ3) is 5.62. The van der Waals surface area contributed by atoms with Gasteiger partial charge < -0.3 is 19.9 Å². The van der Waals surface area contributed by atoms with Gasteiger partial charge in [0.2, 0.25) is 11.8 Å². The van der Waals surface area contributed by atoms with Gasteiger partial charge in [-0.2, -0.15) is 0 Å². The Labute approximate surface area is 198 Å². The molecule has 1 fully saturated rings. The molecule has 7 nitrogen and oxygen atoms in total. The molecule has 0 bridgehead atoms. The fourth-order valence-corrected chi connectivity index (χ4v) is 4.52. The van der Waals surface area contributed by atoms with E-state index in [1.54, 1.807) is 29.2 Å². The van der Waals surface area contributed by atoms with Crippen LogP contribution in [-0.2, 0) is 20.9 Å². The second kappa shape index (κ2) is 10.3. The lowest BCUT2D eigenvalue weighted by Gasteiger charge is -2.26. The smallest absolute Gasteiger partial charge is 0.252 e.